The smallest absolute Gasteiger partial charge is 0.337 e. The van der Waals surface area contributed by atoms with Crippen LogP contribution in [-0.2, 0) is 0 Å². The summed E-state index contributed by atoms with van der Waals surface area (Å²) in [5.41, 5.74) is 0.00455. The molecule has 98 valence electrons. The van der Waals surface area contributed by atoms with Crippen LogP contribution < -0.4 is 10.6 Å². The molecule has 0 aliphatic heterocycles. The molecular formula is C9H6ClN5O3S. The lowest BCUT2D eigenvalue weighted by atomic mass is 10.2. The molecule has 1 heterocycles. The molecule has 0 fully saturated rings. The number of hydrogen-bond donors (Lipinski definition) is 3. The van der Waals surface area contributed by atoms with Crippen molar-refractivity contribution in [2.45, 2.75) is 0 Å². The van der Waals surface area contributed by atoms with Gasteiger partial charge in [-0.15, -0.1) is 0 Å². The number of nitrogens with one attached hydrogen (secondary N) is 2. The summed E-state index contributed by atoms with van der Waals surface area (Å²) in [6, 6.07) is 3.45. The Balaban J connectivity index is 2.14. The Kier molecular flexibility index (Phi) is 3.88. The lowest BCUT2D eigenvalue weighted by Crippen LogP contribution is -2.21. The highest BCUT2D eigenvalue weighted by molar-refractivity contribution is 7.09. The van der Waals surface area contributed by atoms with Gasteiger partial charge in [-0.2, -0.15) is 0 Å². The van der Waals surface area contributed by atoms with E-state index in [9.17, 15) is 9.59 Å². The summed E-state index contributed by atoms with van der Waals surface area (Å²) in [4.78, 5) is 22.6. The SMILES string of the molecule is O=C(Nc1nnns1)Nc1ccc(Cl)cc1C(=O)O. The van der Waals surface area contributed by atoms with Crippen LogP contribution >= 0.6 is 23.1 Å². The highest BCUT2D eigenvalue weighted by Gasteiger charge is 2.13. The number of anilines is 2. The largest absolute Gasteiger partial charge is 0.478 e. The molecule has 2 amide bonds. The predicted octanol–water partition coefficient (Wildman–Crippen LogP) is 1.93. The normalized spacial score (nSPS) is 9.95. The zero-order valence-electron chi connectivity index (χ0n) is 9.12. The van der Waals surface area contributed by atoms with E-state index in [4.69, 9.17) is 16.7 Å². The van der Waals surface area contributed by atoms with Crippen molar-refractivity contribution >= 4 is 46.0 Å². The number of carboxylic acids is 1. The fourth-order valence-electron chi connectivity index (χ4n) is 1.23. The van der Waals surface area contributed by atoms with Crippen molar-refractivity contribution in [2.75, 3.05) is 10.6 Å². The fourth-order valence-corrected chi connectivity index (χ4v) is 1.77. The maximum Gasteiger partial charge on any atom is 0.337 e. The predicted molar refractivity (Wildman–Crippen MR) is 68.8 cm³/mol. The number of carbonyl (C=O) groups is 2. The third kappa shape index (κ3) is 3.36. The standard InChI is InChI=1S/C9H6ClN5O3S/c10-4-1-2-6(5(3-4)7(16)17)11-8(18)12-9-13-14-15-19-9/h1-3H,(H,16,17)(H2,11,12,13,15,18). The van der Waals surface area contributed by atoms with Gasteiger partial charge in [0.25, 0.3) is 0 Å². The van der Waals surface area contributed by atoms with Gasteiger partial charge in [0.1, 0.15) is 0 Å². The van der Waals surface area contributed by atoms with Crippen molar-refractivity contribution in [3.63, 3.8) is 0 Å². The van der Waals surface area contributed by atoms with Crippen LogP contribution in [0.3, 0.4) is 0 Å². The van der Waals surface area contributed by atoms with Gasteiger partial charge >= 0.3 is 12.0 Å². The topological polar surface area (TPSA) is 117 Å². The van der Waals surface area contributed by atoms with Crippen molar-refractivity contribution in [1.82, 2.24) is 14.8 Å². The van der Waals surface area contributed by atoms with Gasteiger partial charge in [0, 0.05) is 16.6 Å². The number of amides is 2. The first-order valence-corrected chi connectivity index (χ1v) is 5.97. The van der Waals surface area contributed by atoms with E-state index < -0.39 is 12.0 Å². The number of aromatic carboxylic acids is 1. The Morgan fingerprint density at radius 2 is 2.11 bits per heavy atom. The maximum atomic E-state index is 11.6. The van der Waals surface area contributed by atoms with Crippen LogP contribution in [0.5, 0.6) is 0 Å². The lowest BCUT2D eigenvalue weighted by molar-refractivity contribution is 0.0698. The molecule has 0 saturated carbocycles. The fraction of sp³-hybridized carbons (Fsp3) is 0. The molecule has 0 spiro atoms. The summed E-state index contributed by atoms with van der Waals surface area (Å²) in [5.74, 6) is -1.20. The zero-order valence-corrected chi connectivity index (χ0v) is 10.7. The second kappa shape index (κ2) is 5.59. The third-order valence-electron chi connectivity index (χ3n) is 1.98. The van der Waals surface area contributed by atoms with E-state index in [-0.39, 0.29) is 21.4 Å². The highest BCUT2D eigenvalue weighted by Crippen LogP contribution is 2.21. The molecule has 0 unspecified atom stereocenters. The summed E-state index contributed by atoms with van der Waals surface area (Å²) >= 11 is 6.59. The Bertz CT molecular complexity index is 618. The third-order valence-corrected chi connectivity index (χ3v) is 2.73. The number of hydrogen-bond acceptors (Lipinski definition) is 6. The second-order valence-electron chi connectivity index (χ2n) is 3.24. The molecule has 10 heteroatoms. The monoisotopic (exact) mass is 299 g/mol. The molecule has 8 nitrogen and oxygen atoms in total. The molecule has 0 radical (unpaired) electrons. The van der Waals surface area contributed by atoms with Crippen molar-refractivity contribution in [3.05, 3.63) is 28.8 Å². The van der Waals surface area contributed by atoms with Gasteiger partial charge < -0.3 is 10.4 Å². The average Bonchev–Trinajstić information content (AvgIpc) is 2.83. The molecule has 0 aliphatic carbocycles. The number of nitrogens with zero attached hydrogens (tertiary/aromatic N) is 3. The minimum absolute atomic E-state index is 0.113. The summed E-state index contributed by atoms with van der Waals surface area (Å²) in [6.45, 7) is 0. The van der Waals surface area contributed by atoms with Crippen molar-refractivity contribution < 1.29 is 14.7 Å². The molecule has 0 bridgehead atoms. The first-order chi connectivity index (χ1) is 9.06. The molecule has 0 saturated heterocycles. The summed E-state index contributed by atoms with van der Waals surface area (Å²) in [6.07, 6.45) is 0. The molecule has 2 rings (SSSR count). The lowest BCUT2D eigenvalue weighted by Gasteiger charge is -2.08. The van der Waals surface area contributed by atoms with Gasteiger partial charge in [0.05, 0.1) is 11.3 Å². The number of carbonyl (C=O) groups excluding carboxylic acids is 1. The van der Waals surface area contributed by atoms with E-state index in [0.717, 1.165) is 11.5 Å². The van der Waals surface area contributed by atoms with Gasteiger partial charge in [0.15, 0.2) is 0 Å². The molecule has 3 N–H and O–H groups in total. The molecule has 0 aliphatic rings. The first kappa shape index (κ1) is 13.2. The molecule has 1 aromatic heterocycles. The van der Waals surface area contributed by atoms with Crippen LogP contribution in [0.25, 0.3) is 0 Å². The molecule has 2 aromatic rings. The van der Waals surface area contributed by atoms with Crippen molar-refractivity contribution in [1.29, 1.82) is 0 Å². The van der Waals surface area contributed by atoms with Crippen LogP contribution in [0, 0.1) is 0 Å². The number of urea groups is 1. The van der Waals surface area contributed by atoms with E-state index in [1.807, 2.05) is 0 Å². The summed E-state index contributed by atoms with van der Waals surface area (Å²) < 4.78 is 3.47. The number of aromatic nitrogens is 3. The van der Waals surface area contributed by atoms with Gasteiger partial charge in [0.2, 0.25) is 5.13 Å². The minimum Gasteiger partial charge on any atom is -0.478 e. The van der Waals surface area contributed by atoms with E-state index in [1.165, 1.54) is 18.2 Å². The number of rotatable bonds is 3. The summed E-state index contributed by atoms with van der Waals surface area (Å²) in [7, 11) is 0. The van der Waals surface area contributed by atoms with Crippen molar-refractivity contribution in [3.8, 4) is 0 Å². The second-order valence-corrected chi connectivity index (χ2v) is 4.41. The first-order valence-electron chi connectivity index (χ1n) is 4.82. The van der Waals surface area contributed by atoms with E-state index in [0.29, 0.717) is 0 Å². The van der Waals surface area contributed by atoms with Gasteiger partial charge in [-0.3, -0.25) is 5.32 Å². The van der Waals surface area contributed by atoms with Crippen LogP contribution in [0.2, 0.25) is 5.02 Å². The van der Waals surface area contributed by atoms with Crippen LogP contribution in [-0.4, -0.2) is 31.9 Å². The quantitative estimate of drug-likeness (QED) is 0.797. The van der Waals surface area contributed by atoms with Crippen LogP contribution in [0.15, 0.2) is 18.2 Å². The molecular weight excluding hydrogens is 294 g/mol. The molecule has 1 aromatic carbocycles. The number of carboxylic acid groups (broad SMARTS) is 1. The average molecular weight is 300 g/mol. The number of halogens is 1. The zero-order chi connectivity index (χ0) is 13.8. The Morgan fingerprint density at radius 1 is 1.32 bits per heavy atom. The number of benzene rings is 1. The Morgan fingerprint density at radius 3 is 2.74 bits per heavy atom. The van der Waals surface area contributed by atoms with E-state index in [2.05, 4.69) is 25.4 Å². The molecule has 0 atom stereocenters. The van der Waals surface area contributed by atoms with Crippen molar-refractivity contribution in [2.24, 2.45) is 0 Å². The van der Waals surface area contributed by atoms with Gasteiger partial charge in [-0.1, -0.05) is 21.2 Å². The van der Waals surface area contributed by atoms with E-state index in [1.54, 1.807) is 0 Å². The van der Waals surface area contributed by atoms with Gasteiger partial charge in [-0.25, -0.2) is 9.59 Å². The highest BCUT2D eigenvalue weighted by atomic mass is 35.5. The van der Waals surface area contributed by atoms with Crippen LogP contribution in [0.4, 0.5) is 15.6 Å². The minimum atomic E-state index is -1.20. The summed E-state index contributed by atoms with van der Waals surface area (Å²) in [5, 5.41) is 21.0. The molecule has 19 heavy (non-hydrogen) atoms. The van der Waals surface area contributed by atoms with E-state index >= 15 is 0 Å². The van der Waals surface area contributed by atoms with Gasteiger partial charge in [-0.05, 0) is 23.4 Å². The Hall–Kier alpha value is -2.26. The Labute approximate surface area is 115 Å². The maximum absolute atomic E-state index is 11.6. The van der Waals surface area contributed by atoms with Crippen LogP contribution in [0.1, 0.15) is 10.4 Å².